The number of nitrogens with one attached hydrogen (secondary N) is 1. The van der Waals surface area contributed by atoms with E-state index in [0.717, 1.165) is 16.3 Å². The molecule has 3 heterocycles. The van der Waals surface area contributed by atoms with Crippen LogP contribution in [0.1, 0.15) is 18.4 Å². The van der Waals surface area contributed by atoms with Gasteiger partial charge in [0.2, 0.25) is 5.91 Å². The first kappa shape index (κ1) is 19.1. The molecule has 2 amide bonds. The maximum Gasteiger partial charge on any atom is 0.267 e. The lowest BCUT2D eigenvalue weighted by molar-refractivity contribution is -0.125. The Morgan fingerprint density at radius 2 is 2.03 bits per heavy atom. The highest BCUT2D eigenvalue weighted by atomic mass is 32.1. The maximum absolute atomic E-state index is 12.5. The Hall–Kier alpha value is -3.26. The fourth-order valence-corrected chi connectivity index (χ4v) is 3.86. The molecule has 0 saturated carbocycles. The molecule has 148 valence electrons. The van der Waals surface area contributed by atoms with E-state index in [9.17, 15) is 9.59 Å². The number of carbonyl (C=O) groups is 2. The third kappa shape index (κ3) is 4.27. The van der Waals surface area contributed by atoms with Gasteiger partial charge in [-0.05, 0) is 31.2 Å². The molecule has 7 nitrogen and oxygen atoms in total. The van der Waals surface area contributed by atoms with Crippen LogP contribution in [0.15, 0.2) is 54.2 Å². The summed E-state index contributed by atoms with van der Waals surface area (Å²) < 4.78 is 5.62. The number of aromatic nitrogens is 2. The van der Waals surface area contributed by atoms with Gasteiger partial charge in [0.05, 0.1) is 17.9 Å². The summed E-state index contributed by atoms with van der Waals surface area (Å²) in [4.78, 5) is 35.0. The number of hydrogen-bond donors (Lipinski definition) is 1. The van der Waals surface area contributed by atoms with Crippen molar-refractivity contribution in [2.45, 2.75) is 26.0 Å². The van der Waals surface area contributed by atoms with Crippen molar-refractivity contribution < 1.29 is 14.3 Å². The molecular weight excluding hydrogens is 388 g/mol. The van der Waals surface area contributed by atoms with Crippen LogP contribution >= 0.6 is 11.3 Å². The number of benzene rings is 1. The number of nitrogens with zero attached hydrogens (tertiary/aromatic N) is 3. The van der Waals surface area contributed by atoms with Gasteiger partial charge in [-0.2, -0.15) is 0 Å². The zero-order valence-corrected chi connectivity index (χ0v) is 16.7. The Morgan fingerprint density at radius 1 is 1.24 bits per heavy atom. The van der Waals surface area contributed by atoms with E-state index in [0.29, 0.717) is 24.5 Å². The third-order valence-electron chi connectivity index (χ3n) is 4.60. The fraction of sp³-hybridized carbons (Fsp3) is 0.238. The first-order chi connectivity index (χ1) is 14.1. The van der Waals surface area contributed by atoms with Gasteiger partial charge in [-0.3, -0.25) is 14.6 Å². The largest absolute Gasteiger partial charge is 0.479 e. The van der Waals surface area contributed by atoms with Crippen LogP contribution in [0.5, 0.6) is 5.75 Å². The fourth-order valence-electron chi connectivity index (χ4n) is 3.11. The lowest BCUT2D eigenvalue weighted by Gasteiger charge is -2.32. The van der Waals surface area contributed by atoms with Crippen LogP contribution in [0, 0.1) is 0 Å². The van der Waals surface area contributed by atoms with Crippen molar-refractivity contribution in [3.63, 3.8) is 0 Å². The second kappa shape index (κ2) is 8.40. The van der Waals surface area contributed by atoms with E-state index in [2.05, 4.69) is 15.3 Å². The lowest BCUT2D eigenvalue weighted by Crippen LogP contribution is -2.45. The Bertz CT molecular complexity index is 1020. The Kier molecular flexibility index (Phi) is 5.53. The van der Waals surface area contributed by atoms with Gasteiger partial charge in [-0.15, -0.1) is 11.3 Å². The smallest absolute Gasteiger partial charge is 0.267 e. The minimum absolute atomic E-state index is 0.130. The summed E-state index contributed by atoms with van der Waals surface area (Å²) in [6.45, 7) is 2.38. The molecule has 1 N–H and O–H groups in total. The van der Waals surface area contributed by atoms with Crippen LogP contribution in [-0.2, 0) is 16.1 Å². The maximum atomic E-state index is 12.5. The van der Waals surface area contributed by atoms with E-state index in [-0.39, 0.29) is 18.2 Å². The quantitative estimate of drug-likeness (QED) is 0.678. The van der Waals surface area contributed by atoms with Gasteiger partial charge < -0.3 is 15.0 Å². The number of para-hydroxylation sites is 2. The normalized spacial score (nSPS) is 15.6. The van der Waals surface area contributed by atoms with Gasteiger partial charge >= 0.3 is 0 Å². The van der Waals surface area contributed by atoms with Crippen molar-refractivity contribution in [2.24, 2.45) is 0 Å². The predicted octanol–water partition coefficient (Wildman–Crippen LogP) is 3.03. The van der Waals surface area contributed by atoms with Gasteiger partial charge in [-0.1, -0.05) is 12.1 Å². The summed E-state index contributed by atoms with van der Waals surface area (Å²) in [5, 5.41) is 5.67. The number of anilines is 1. The van der Waals surface area contributed by atoms with Gasteiger partial charge in [0.25, 0.3) is 5.91 Å². The number of carbonyl (C=O) groups excluding carboxylic acids is 2. The van der Waals surface area contributed by atoms with E-state index in [1.54, 1.807) is 24.2 Å². The summed E-state index contributed by atoms with van der Waals surface area (Å²) in [7, 11) is 0. The molecule has 2 aromatic heterocycles. The van der Waals surface area contributed by atoms with E-state index in [1.807, 2.05) is 41.8 Å². The Morgan fingerprint density at radius 3 is 2.86 bits per heavy atom. The highest BCUT2D eigenvalue weighted by Gasteiger charge is 2.31. The molecule has 1 aromatic carbocycles. The number of ether oxygens (including phenoxy) is 1. The van der Waals surface area contributed by atoms with Crippen molar-refractivity contribution in [1.82, 2.24) is 15.3 Å². The van der Waals surface area contributed by atoms with Gasteiger partial charge in [0.15, 0.2) is 6.10 Å². The van der Waals surface area contributed by atoms with Gasteiger partial charge in [-0.25, -0.2) is 4.98 Å². The molecule has 1 aliphatic rings. The van der Waals surface area contributed by atoms with Crippen molar-refractivity contribution in [3.8, 4) is 17.0 Å². The average molecular weight is 408 g/mol. The van der Waals surface area contributed by atoms with Crippen molar-refractivity contribution >= 4 is 28.8 Å². The summed E-state index contributed by atoms with van der Waals surface area (Å²) >= 11 is 1.50. The van der Waals surface area contributed by atoms with E-state index in [4.69, 9.17) is 4.74 Å². The lowest BCUT2D eigenvalue weighted by atomic mass is 10.1. The van der Waals surface area contributed by atoms with Gasteiger partial charge in [0.1, 0.15) is 10.8 Å². The predicted molar refractivity (Wildman–Crippen MR) is 111 cm³/mol. The summed E-state index contributed by atoms with van der Waals surface area (Å²) in [6.07, 6.45) is 3.09. The monoisotopic (exact) mass is 408 g/mol. The standard InChI is InChI=1S/C21H20N4O3S/c1-14-21(27)25(17-4-2-3-5-18(17)28-14)11-8-19(26)23-12-20-24-16(13-29-20)15-6-9-22-10-7-15/h2-7,9-10,13-14H,8,11-12H2,1H3,(H,23,26). The van der Waals surface area contributed by atoms with Crippen molar-refractivity contribution in [3.05, 3.63) is 59.2 Å². The number of fused-ring (bicyclic) bond motifs is 1. The first-order valence-corrected chi connectivity index (χ1v) is 10.2. The molecule has 1 aliphatic heterocycles. The summed E-state index contributed by atoms with van der Waals surface area (Å²) in [6, 6.07) is 11.2. The Balaban J connectivity index is 1.33. The molecular formula is C21H20N4O3S. The summed E-state index contributed by atoms with van der Waals surface area (Å²) in [5.41, 5.74) is 2.56. The summed E-state index contributed by atoms with van der Waals surface area (Å²) in [5.74, 6) is 0.389. The second-order valence-corrected chi connectivity index (χ2v) is 7.55. The van der Waals surface area contributed by atoms with E-state index >= 15 is 0 Å². The first-order valence-electron chi connectivity index (χ1n) is 9.30. The number of rotatable bonds is 6. The van der Waals surface area contributed by atoms with E-state index < -0.39 is 6.10 Å². The van der Waals surface area contributed by atoms with Crippen LogP contribution in [0.3, 0.4) is 0 Å². The van der Waals surface area contributed by atoms with Crippen LogP contribution in [0.2, 0.25) is 0 Å². The van der Waals surface area contributed by atoms with Gasteiger partial charge in [0, 0.05) is 36.3 Å². The number of amides is 2. The highest BCUT2D eigenvalue weighted by molar-refractivity contribution is 7.09. The third-order valence-corrected chi connectivity index (χ3v) is 5.45. The molecule has 0 aliphatic carbocycles. The van der Waals surface area contributed by atoms with Crippen LogP contribution < -0.4 is 15.0 Å². The number of thiazole rings is 1. The van der Waals surface area contributed by atoms with Crippen LogP contribution in [0.25, 0.3) is 11.3 Å². The molecule has 0 bridgehead atoms. The number of hydrogen-bond acceptors (Lipinski definition) is 6. The molecule has 0 radical (unpaired) electrons. The van der Waals surface area contributed by atoms with Crippen LogP contribution in [0.4, 0.5) is 5.69 Å². The van der Waals surface area contributed by atoms with Crippen molar-refractivity contribution in [1.29, 1.82) is 0 Å². The van der Waals surface area contributed by atoms with Crippen molar-refractivity contribution in [2.75, 3.05) is 11.4 Å². The molecule has 3 aromatic rings. The zero-order chi connectivity index (χ0) is 20.2. The molecule has 29 heavy (non-hydrogen) atoms. The molecule has 0 saturated heterocycles. The zero-order valence-electron chi connectivity index (χ0n) is 15.9. The highest BCUT2D eigenvalue weighted by Crippen LogP contribution is 2.33. The molecule has 8 heteroatoms. The molecule has 1 atom stereocenters. The molecule has 1 unspecified atom stereocenters. The minimum Gasteiger partial charge on any atom is -0.479 e. The molecule has 4 rings (SSSR count). The minimum atomic E-state index is -0.560. The molecule has 0 fully saturated rings. The topological polar surface area (TPSA) is 84.4 Å². The molecule has 0 spiro atoms. The second-order valence-electron chi connectivity index (χ2n) is 6.61. The Labute approximate surface area is 172 Å². The SMILES string of the molecule is CC1Oc2ccccc2N(CCC(=O)NCc2nc(-c3ccncc3)cs2)C1=O. The number of pyridine rings is 1. The van der Waals surface area contributed by atoms with E-state index in [1.165, 1.54) is 11.3 Å². The average Bonchev–Trinajstić information content (AvgIpc) is 3.22. The van der Waals surface area contributed by atoms with Crippen LogP contribution in [-0.4, -0.2) is 34.4 Å².